The van der Waals surface area contributed by atoms with Crippen molar-refractivity contribution in [3.63, 3.8) is 0 Å². The average Bonchev–Trinajstić information content (AvgIpc) is 3.12. The smallest absolute Gasteiger partial charge is 0.272 e. The first-order valence-corrected chi connectivity index (χ1v) is 9.12. The van der Waals surface area contributed by atoms with Crippen LogP contribution in [-0.2, 0) is 0 Å². The number of hydrogen-bond donors (Lipinski definition) is 2. The fourth-order valence-corrected chi connectivity index (χ4v) is 3.24. The van der Waals surface area contributed by atoms with E-state index in [9.17, 15) is 9.59 Å². The molecule has 2 aromatic carbocycles. The Morgan fingerprint density at radius 2 is 1.82 bits per heavy atom. The molecule has 0 spiro atoms. The average molecular weight is 436 g/mol. The molecule has 7 nitrogen and oxygen atoms in total. The summed E-state index contributed by atoms with van der Waals surface area (Å²) in [6, 6.07) is 18.3. The van der Waals surface area contributed by atoms with Crippen LogP contribution in [0.1, 0.15) is 21.0 Å². The van der Waals surface area contributed by atoms with Gasteiger partial charge in [0.05, 0.1) is 5.69 Å². The lowest BCUT2D eigenvalue weighted by molar-refractivity contribution is 0.0993. The summed E-state index contributed by atoms with van der Waals surface area (Å²) in [5, 5.41) is 2.85. The van der Waals surface area contributed by atoms with E-state index in [4.69, 9.17) is 5.73 Å². The van der Waals surface area contributed by atoms with E-state index < -0.39 is 5.91 Å². The van der Waals surface area contributed by atoms with Crippen LogP contribution in [0.3, 0.4) is 0 Å². The number of nitrogens with one attached hydrogen (secondary N) is 1. The number of halogens is 1. The van der Waals surface area contributed by atoms with Gasteiger partial charge in [-0.3, -0.25) is 14.0 Å². The van der Waals surface area contributed by atoms with Crippen molar-refractivity contribution in [1.82, 2.24) is 14.4 Å². The highest BCUT2D eigenvalue weighted by Gasteiger charge is 2.19. The van der Waals surface area contributed by atoms with Gasteiger partial charge in [-0.05, 0) is 24.3 Å². The minimum atomic E-state index is -0.710. The van der Waals surface area contributed by atoms with E-state index in [2.05, 4.69) is 31.2 Å². The molecule has 138 valence electrons. The molecule has 0 fully saturated rings. The monoisotopic (exact) mass is 435 g/mol. The molecular formula is C20H14BrN5O2. The summed E-state index contributed by atoms with van der Waals surface area (Å²) in [5.41, 5.74) is 7.91. The quantitative estimate of drug-likeness (QED) is 0.511. The molecule has 8 heteroatoms. The molecule has 0 unspecified atom stereocenters. The number of amides is 2. The topological polar surface area (TPSA) is 102 Å². The molecule has 0 aliphatic heterocycles. The SMILES string of the molecule is NC(=O)c1ncn2c(C(=O)Nc3cccc(Br)c3)cc(-c3ccccc3)nc12. The second-order valence-corrected chi connectivity index (χ2v) is 6.92. The molecule has 0 radical (unpaired) electrons. The van der Waals surface area contributed by atoms with Gasteiger partial charge in [-0.1, -0.05) is 52.3 Å². The summed E-state index contributed by atoms with van der Waals surface area (Å²) >= 11 is 3.38. The lowest BCUT2D eigenvalue weighted by Gasteiger charge is -2.10. The molecule has 0 aliphatic carbocycles. The first kappa shape index (κ1) is 17.9. The fraction of sp³-hybridized carbons (Fsp3) is 0. The minimum absolute atomic E-state index is 0.00860. The van der Waals surface area contributed by atoms with Gasteiger partial charge in [0.25, 0.3) is 11.8 Å². The van der Waals surface area contributed by atoms with Gasteiger partial charge in [0.15, 0.2) is 11.3 Å². The lowest BCUT2D eigenvalue weighted by Crippen LogP contribution is -2.17. The van der Waals surface area contributed by atoms with Crippen molar-refractivity contribution in [1.29, 1.82) is 0 Å². The molecule has 0 atom stereocenters. The first-order chi connectivity index (χ1) is 13.5. The second-order valence-electron chi connectivity index (χ2n) is 6.01. The van der Waals surface area contributed by atoms with E-state index in [1.54, 1.807) is 18.2 Å². The highest BCUT2D eigenvalue weighted by atomic mass is 79.9. The van der Waals surface area contributed by atoms with Crippen molar-refractivity contribution >= 4 is 39.1 Å². The summed E-state index contributed by atoms with van der Waals surface area (Å²) in [5.74, 6) is -1.07. The van der Waals surface area contributed by atoms with Gasteiger partial charge in [0.2, 0.25) is 0 Å². The Balaban J connectivity index is 1.86. The fourth-order valence-electron chi connectivity index (χ4n) is 2.84. The van der Waals surface area contributed by atoms with E-state index in [-0.39, 0.29) is 22.9 Å². The zero-order valence-corrected chi connectivity index (χ0v) is 16.1. The number of nitrogens with two attached hydrogens (primary N) is 1. The number of hydrogen-bond acceptors (Lipinski definition) is 4. The maximum atomic E-state index is 13.0. The molecule has 2 heterocycles. The van der Waals surface area contributed by atoms with Crippen LogP contribution < -0.4 is 11.1 Å². The molecule has 0 saturated heterocycles. The number of nitrogens with zero attached hydrogens (tertiary/aromatic N) is 3. The largest absolute Gasteiger partial charge is 0.364 e. The van der Waals surface area contributed by atoms with Crippen molar-refractivity contribution in [2.75, 3.05) is 5.32 Å². The number of fused-ring (bicyclic) bond motifs is 1. The molecule has 0 saturated carbocycles. The Morgan fingerprint density at radius 3 is 2.54 bits per heavy atom. The Hall–Kier alpha value is -3.52. The Morgan fingerprint density at radius 1 is 1.04 bits per heavy atom. The van der Waals surface area contributed by atoms with Crippen molar-refractivity contribution in [2.45, 2.75) is 0 Å². The number of aromatic nitrogens is 3. The highest BCUT2D eigenvalue weighted by Crippen LogP contribution is 2.22. The van der Waals surface area contributed by atoms with E-state index in [1.165, 1.54) is 10.7 Å². The van der Waals surface area contributed by atoms with E-state index in [0.717, 1.165) is 10.0 Å². The van der Waals surface area contributed by atoms with Gasteiger partial charge in [-0.2, -0.15) is 0 Å². The van der Waals surface area contributed by atoms with Crippen LogP contribution >= 0.6 is 15.9 Å². The maximum absolute atomic E-state index is 13.0. The van der Waals surface area contributed by atoms with Crippen LogP contribution in [0.2, 0.25) is 0 Å². The van der Waals surface area contributed by atoms with Crippen molar-refractivity contribution in [3.8, 4) is 11.3 Å². The van der Waals surface area contributed by atoms with Crippen LogP contribution in [0.15, 0.2) is 71.5 Å². The van der Waals surface area contributed by atoms with E-state index >= 15 is 0 Å². The Bertz CT molecular complexity index is 1200. The summed E-state index contributed by atoms with van der Waals surface area (Å²) in [4.78, 5) is 33.3. The molecule has 28 heavy (non-hydrogen) atoms. The molecule has 4 rings (SSSR count). The standard InChI is InChI=1S/C20H14BrN5O2/c21-13-7-4-8-14(9-13)24-20(28)16-10-15(12-5-2-1-3-6-12)25-19-17(18(22)27)23-11-26(16)19/h1-11H,(H2,22,27)(H,24,28). The number of primary amides is 1. The third-order valence-corrected chi connectivity index (χ3v) is 4.61. The number of carbonyl (C=O) groups is 2. The molecule has 2 aromatic heterocycles. The number of rotatable bonds is 4. The molecule has 4 aromatic rings. The minimum Gasteiger partial charge on any atom is -0.364 e. The van der Waals surface area contributed by atoms with Crippen LogP contribution in [0.4, 0.5) is 5.69 Å². The summed E-state index contributed by atoms with van der Waals surface area (Å²) in [6.07, 6.45) is 1.37. The Labute approximate surface area is 168 Å². The van der Waals surface area contributed by atoms with Crippen LogP contribution in [0, 0.1) is 0 Å². The van der Waals surface area contributed by atoms with Crippen LogP contribution in [-0.4, -0.2) is 26.2 Å². The zero-order chi connectivity index (χ0) is 19.7. The predicted molar refractivity (Wildman–Crippen MR) is 109 cm³/mol. The second kappa shape index (κ2) is 7.24. The van der Waals surface area contributed by atoms with Crippen molar-refractivity contribution < 1.29 is 9.59 Å². The number of anilines is 1. The van der Waals surface area contributed by atoms with Gasteiger partial charge in [0, 0.05) is 15.7 Å². The molecule has 0 bridgehead atoms. The number of benzene rings is 2. The summed E-state index contributed by atoms with van der Waals surface area (Å²) in [6.45, 7) is 0. The maximum Gasteiger partial charge on any atom is 0.272 e. The number of imidazole rings is 1. The normalized spacial score (nSPS) is 10.8. The van der Waals surface area contributed by atoms with Gasteiger partial charge in [0.1, 0.15) is 12.0 Å². The molecule has 0 aliphatic rings. The number of carbonyl (C=O) groups excluding carboxylic acids is 2. The van der Waals surface area contributed by atoms with E-state index in [0.29, 0.717) is 11.4 Å². The first-order valence-electron chi connectivity index (χ1n) is 8.33. The molecule has 2 amide bonds. The van der Waals surface area contributed by atoms with Crippen LogP contribution in [0.5, 0.6) is 0 Å². The molecular weight excluding hydrogens is 422 g/mol. The van der Waals surface area contributed by atoms with Gasteiger partial charge < -0.3 is 11.1 Å². The van der Waals surface area contributed by atoms with Crippen LogP contribution in [0.25, 0.3) is 16.9 Å². The van der Waals surface area contributed by atoms with Crippen molar-refractivity contribution in [3.05, 3.63) is 82.9 Å². The van der Waals surface area contributed by atoms with Crippen molar-refractivity contribution in [2.24, 2.45) is 5.73 Å². The van der Waals surface area contributed by atoms with Gasteiger partial charge in [-0.15, -0.1) is 0 Å². The third kappa shape index (κ3) is 3.37. The van der Waals surface area contributed by atoms with E-state index in [1.807, 2.05) is 42.5 Å². The molecule has 3 N–H and O–H groups in total. The Kier molecular flexibility index (Phi) is 4.62. The zero-order valence-electron chi connectivity index (χ0n) is 14.5. The van der Waals surface area contributed by atoms with Gasteiger partial charge >= 0.3 is 0 Å². The predicted octanol–water partition coefficient (Wildman–Crippen LogP) is 3.51. The highest BCUT2D eigenvalue weighted by molar-refractivity contribution is 9.10. The third-order valence-electron chi connectivity index (χ3n) is 4.12. The lowest BCUT2D eigenvalue weighted by atomic mass is 10.1. The summed E-state index contributed by atoms with van der Waals surface area (Å²) in [7, 11) is 0. The van der Waals surface area contributed by atoms with Gasteiger partial charge in [-0.25, -0.2) is 9.97 Å². The summed E-state index contributed by atoms with van der Waals surface area (Å²) < 4.78 is 2.30.